The van der Waals surface area contributed by atoms with E-state index in [1.807, 2.05) is 88.1 Å². The molecule has 22 heavy (non-hydrogen) atoms. The number of rotatable bonds is 5. The average Bonchev–Trinajstić information content (AvgIpc) is 3.24. The van der Waals surface area contributed by atoms with Crippen LogP contribution in [0, 0.1) is 63.7 Å². The van der Waals surface area contributed by atoms with Crippen LogP contribution in [0.2, 0.25) is 0 Å². The molecule has 2 aliphatic carbocycles. The van der Waals surface area contributed by atoms with Crippen molar-refractivity contribution in [2.45, 2.75) is 6.42 Å². The summed E-state index contributed by atoms with van der Waals surface area (Å²) in [6.07, 6.45) is 18.0. The van der Waals surface area contributed by atoms with Gasteiger partial charge in [0.25, 0.3) is 0 Å². The Kier molecular flexibility index (Phi) is 10.3. The van der Waals surface area contributed by atoms with Crippen molar-refractivity contribution in [2.24, 2.45) is 0 Å². The van der Waals surface area contributed by atoms with Crippen molar-refractivity contribution in [3.8, 4) is 0 Å². The molecule has 0 saturated heterocycles. The Bertz CT molecular complexity index is 390. The molecule has 0 atom stereocenters. The number of ketones is 1. The molecule has 2 nitrogen and oxygen atoms in total. The number of carbonyl (C=O) groups is 1. The first-order valence-corrected chi connectivity index (χ1v) is 7.07. The number of para-hydroxylation sites is 1. The number of hydrogen-bond donors (Lipinski definition) is 1. The van der Waals surface area contributed by atoms with Gasteiger partial charge in [0.2, 0.25) is 0 Å². The fraction of sp³-hybridized carbons (Fsp3) is 0.105. The molecule has 112 valence electrons. The SMILES string of the molecule is O=C(CCNc1ccccc1)[C]1[CH][CH][CH][CH]1.[CH]1[CH][CH][CH][CH]1.[Fe+2]. The van der Waals surface area contributed by atoms with Crippen molar-refractivity contribution in [1.29, 1.82) is 0 Å². The van der Waals surface area contributed by atoms with E-state index >= 15 is 0 Å². The van der Waals surface area contributed by atoms with Crippen LogP contribution >= 0.6 is 0 Å². The number of anilines is 1. The number of hydrogen-bond acceptors (Lipinski definition) is 2. The molecule has 10 radical (unpaired) electrons. The van der Waals surface area contributed by atoms with Gasteiger partial charge in [-0.3, -0.25) is 4.79 Å². The quantitative estimate of drug-likeness (QED) is 0.836. The van der Waals surface area contributed by atoms with Gasteiger partial charge in [0.05, 0.1) is 0 Å². The van der Waals surface area contributed by atoms with E-state index in [9.17, 15) is 4.79 Å². The standard InChI is InChI=1S/C14H14NO.C5H5.Fe/c16-14(12-6-4-5-7-12)10-11-15-13-8-2-1-3-9-13;1-2-4-5-3-1;/h1-9,15H,10-11H2;1-5H;/q;;+2. The smallest absolute Gasteiger partial charge is 0.385 e. The predicted molar refractivity (Wildman–Crippen MR) is 86.5 cm³/mol. The Morgan fingerprint density at radius 3 is 1.91 bits per heavy atom. The van der Waals surface area contributed by atoms with E-state index in [-0.39, 0.29) is 22.9 Å². The second-order valence-electron chi connectivity index (χ2n) is 4.60. The zero-order valence-corrected chi connectivity index (χ0v) is 13.4. The number of nitrogens with one attached hydrogen (secondary N) is 1. The summed E-state index contributed by atoms with van der Waals surface area (Å²) in [5.74, 6) is 0.989. The normalized spacial score (nSPS) is 17.3. The van der Waals surface area contributed by atoms with Crippen molar-refractivity contribution in [3.63, 3.8) is 0 Å². The van der Waals surface area contributed by atoms with Gasteiger partial charge in [0.1, 0.15) is 5.78 Å². The second-order valence-corrected chi connectivity index (χ2v) is 4.60. The van der Waals surface area contributed by atoms with Crippen LogP contribution in [0.15, 0.2) is 30.3 Å². The van der Waals surface area contributed by atoms with Crippen LogP contribution < -0.4 is 5.32 Å². The van der Waals surface area contributed by atoms with Crippen LogP contribution in [-0.2, 0) is 21.9 Å². The molecule has 3 rings (SSSR count). The molecule has 2 fully saturated rings. The van der Waals surface area contributed by atoms with Crippen LogP contribution in [0.3, 0.4) is 0 Å². The summed E-state index contributed by atoms with van der Waals surface area (Å²) in [7, 11) is 0. The van der Waals surface area contributed by atoms with Gasteiger partial charge in [-0.15, -0.1) is 0 Å². The van der Waals surface area contributed by atoms with E-state index in [4.69, 9.17) is 0 Å². The van der Waals surface area contributed by atoms with E-state index in [1.54, 1.807) is 0 Å². The maximum Gasteiger partial charge on any atom is 2.00 e. The molecule has 1 N–H and O–H groups in total. The number of benzene rings is 1. The molecule has 0 amide bonds. The summed E-state index contributed by atoms with van der Waals surface area (Å²) in [4.78, 5) is 11.7. The molecule has 0 spiro atoms. The third-order valence-electron chi connectivity index (χ3n) is 3.00. The molecule has 3 heteroatoms. The predicted octanol–water partition coefficient (Wildman–Crippen LogP) is 3.48. The summed E-state index contributed by atoms with van der Waals surface area (Å²) in [6, 6.07) is 9.91. The van der Waals surface area contributed by atoms with Crippen LogP contribution in [-0.4, -0.2) is 12.3 Å². The molecule has 0 heterocycles. The van der Waals surface area contributed by atoms with Crippen LogP contribution in [0.1, 0.15) is 6.42 Å². The fourth-order valence-corrected chi connectivity index (χ4v) is 1.90. The van der Waals surface area contributed by atoms with Crippen molar-refractivity contribution in [3.05, 3.63) is 94.0 Å². The molecule has 2 aliphatic rings. The van der Waals surface area contributed by atoms with Gasteiger partial charge < -0.3 is 5.32 Å². The Balaban J connectivity index is 0.000000344. The van der Waals surface area contributed by atoms with Gasteiger partial charge in [-0.25, -0.2) is 0 Å². The molecular weight excluding hydrogens is 314 g/mol. The van der Waals surface area contributed by atoms with Gasteiger partial charge in [-0.05, 0) is 69.9 Å². The molecule has 2 saturated carbocycles. The van der Waals surface area contributed by atoms with E-state index in [2.05, 4.69) is 5.32 Å². The van der Waals surface area contributed by atoms with E-state index < -0.39 is 0 Å². The van der Waals surface area contributed by atoms with Crippen molar-refractivity contribution >= 4 is 11.5 Å². The minimum Gasteiger partial charge on any atom is -0.385 e. The molecule has 0 aliphatic heterocycles. The van der Waals surface area contributed by atoms with Gasteiger partial charge in [-0.2, -0.15) is 0 Å². The first kappa shape index (κ1) is 19.3. The summed E-state index contributed by atoms with van der Waals surface area (Å²) in [5.41, 5.74) is 1.05. The Hall–Kier alpha value is -0.791. The summed E-state index contributed by atoms with van der Waals surface area (Å²) >= 11 is 0. The molecular formula is C19H19FeNO+2. The van der Waals surface area contributed by atoms with Crippen molar-refractivity contribution in [2.75, 3.05) is 11.9 Å². The molecule has 1 aromatic rings. The van der Waals surface area contributed by atoms with Crippen LogP contribution in [0.5, 0.6) is 0 Å². The first-order chi connectivity index (χ1) is 10.4. The molecule has 0 bridgehead atoms. The Morgan fingerprint density at radius 1 is 0.818 bits per heavy atom. The minimum atomic E-state index is 0. The van der Waals surface area contributed by atoms with Crippen molar-refractivity contribution in [1.82, 2.24) is 0 Å². The maximum atomic E-state index is 11.7. The Morgan fingerprint density at radius 2 is 1.36 bits per heavy atom. The van der Waals surface area contributed by atoms with Gasteiger partial charge in [0, 0.05) is 24.6 Å². The van der Waals surface area contributed by atoms with E-state index in [0.29, 0.717) is 13.0 Å². The summed E-state index contributed by atoms with van der Waals surface area (Å²) in [6.45, 7) is 0.675. The topological polar surface area (TPSA) is 29.1 Å². The monoisotopic (exact) mass is 333 g/mol. The fourth-order valence-electron chi connectivity index (χ4n) is 1.90. The zero-order valence-electron chi connectivity index (χ0n) is 12.3. The average molecular weight is 333 g/mol. The van der Waals surface area contributed by atoms with Gasteiger partial charge >= 0.3 is 17.1 Å². The summed E-state index contributed by atoms with van der Waals surface area (Å²) in [5, 5.41) is 3.22. The van der Waals surface area contributed by atoms with Gasteiger partial charge in [0.15, 0.2) is 0 Å². The molecule has 0 aromatic heterocycles. The van der Waals surface area contributed by atoms with Gasteiger partial charge in [-0.1, -0.05) is 18.2 Å². The van der Waals surface area contributed by atoms with E-state index in [1.165, 1.54) is 0 Å². The largest absolute Gasteiger partial charge is 2.00 e. The molecule has 0 unspecified atom stereocenters. The molecule has 1 aromatic carbocycles. The Labute approximate surface area is 145 Å². The summed E-state index contributed by atoms with van der Waals surface area (Å²) < 4.78 is 0. The third kappa shape index (κ3) is 7.47. The van der Waals surface area contributed by atoms with Crippen LogP contribution in [0.25, 0.3) is 0 Å². The van der Waals surface area contributed by atoms with E-state index in [0.717, 1.165) is 11.6 Å². The van der Waals surface area contributed by atoms with Crippen molar-refractivity contribution < 1.29 is 21.9 Å². The minimum absolute atomic E-state index is 0. The maximum absolute atomic E-state index is 11.7. The number of carbonyl (C=O) groups excluding carboxylic acids is 1. The first-order valence-electron chi connectivity index (χ1n) is 7.07. The zero-order chi connectivity index (χ0) is 14.8. The second kappa shape index (κ2) is 11.7. The third-order valence-corrected chi connectivity index (χ3v) is 3.00. The number of Topliss-reactive ketones (excluding diaryl/α,β-unsaturated/α-hetero) is 1. The van der Waals surface area contributed by atoms with Crippen LogP contribution in [0.4, 0.5) is 5.69 Å².